The first-order valence-corrected chi connectivity index (χ1v) is 12.3. The molecule has 2 aliphatic heterocycles. The van der Waals surface area contributed by atoms with Crippen LogP contribution in [0.15, 0.2) is 48.5 Å². The molecule has 8 heteroatoms. The van der Waals surface area contributed by atoms with Gasteiger partial charge in [-0.3, -0.25) is 9.69 Å². The van der Waals surface area contributed by atoms with Crippen LogP contribution in [0.5, 0.6) is 5.75 Å². The molecule has 1 saturated carbocycles. The van der Waals surface area contributed by atoms with Gasteiger partial charge < -0.3 is 15.4 Å². The number of carbonyl (C=O) groups is 2. The van der Waals surface area contributed by atoms with Crippen molar-refractivity contribution in [1.82, 2.24) is 15.5 Å². The first kappa shape index (κ1) is 23.3. The van der Waals surface area contributed by atoms with Crippen molar-refractivity contribution >= 4 is 23.5 Å². The number of halogens is 2. The highest BCUT2D eigenvalue weighted by atomic mass is 35.5. The van der Waals surface area contributed by atoms with Crippen molar-refractivity contribution in [2.45, 2.75) is 43.2 Å². The Labute approximate surface area is 203 Å². The molecule has 2 atom stereocenters. The van der Waals surface area contributed by atoms with Gasteiger partial charge in [0.15, 0.2) is 5.78 Å². The van der Waals surface area contributed by atoms with Crippen LogP contribution in [0.25, 0.3) is 0 Å². The Kier molecular flexibility index (Phi) is 6.60. The van der Waals surface area contributed by atoms with Crippen LogP contribution in [0.3, 0.4) is 0 Å². The van der Waals surface area contributed by atoms with Crippen LogP contribution >= 0.6 is 11.6 Å². The minimum Gasteiger partial charge on any atom is -0.410 e. The van der Waals surface area contributed by atoms with Gasteiger partial charge >= 0.3 is 6.09 Å². The van der Waals surface area contributed by atoms with Gasteiger partial charge in [0, 0.05) is 36.0 Å². The molecule has 0 radical (unpaired) electrons. The summed E-state index contributed by atoms with van der Waals surface area (Å²) in [7, 11) is 0. The smallest absolute Gasteiger partial charge is 0.410 e. The van der Waals surface area contributed by atoms with Crippen molar-refractivity contribution in [1.29, 1.82) is 0 Å². The molecule has 3 aliphatic rings. The van der Waals surface area contributed by atoms with Gasteiger partial charge in [-0.15, -0.1) is 0 Å². The van der Waals surface area contributed by atoms with Crippen molar-refractivity contribution in [3.8, 4) is 5.75 Å². The summed E-state index contributed by atoms with van der Waals surface area (Å²) < 4.78 is 19.1. The van der Waals surface area contributed by atoms with Crippen molar-refractivity contribution in [2.75, 3.05) is 26.2 Å². The molecule has 0 spiro atoms. The summed E-state index contributed by atoms with van der Waals surface area (Å²) in [6, 6.07) is 12.9. The molecule has 3 fully saturated rings. The average molecular weight is 486 g/mol. The Hall–Kier alpha value is -2.48. The van der Waals surface area contributed by atoms with E-state index in [-0.39, 0.29) is 29.4 Å². The van der Waals surface area contributed by atoms with Crippen LogP contribution in [0.4, 0.5) is 9.18 Å². The number of Topliss-reactive ketones (excluding diaryl/α,β-unsaturated/α-hetero) is 1. The number of carbonyl (C=O) groups excluding carboxylic acids is 2. The molecule has 0 bridgehead atoms. The van der Waals surface area contributed by atoms with Crippen LogP contribution < -0.4 is 15.4 Å². The third kappa shape index (κ3) is 4.44. The first-order valence-electron chi connectivity index (χ1n) is 12.0. The largest absolute Gasteiger partial charge is 0.416 e. The highest BCUT2D eigenvalue weighted by Gasteiger charge is 2.60. The van der Waals surface area contributed by atoms with E-state index in [9.17, 15) is 14.0 Å². The van der Waals surface area contributed by atoms with E-state index in [4.69, 9.17) is 16.3 Å². The number of nitrogens with one attached hydrogen (secondary N) is 2. The third-order valence-electron chi connectivity index (χ3n) is 7.29. The molecular weight excluding hydrogens is 457 g/mol. The topological polar surface area (TPSA) is 70.7 Å². The van der Waals surface area contributed by atoms with Crippen molar-refractivity contribution in [3.63, 3.8) is 0 Å². The minimum absolute atomic E-state index is 0.0617. The third-order valence-corrected chi connectivity index (χ3v) is 7.54. The summed E-state index contributed by atoms with van der Waals surface area (Å²) in [6.45, 7) is 2.52. The molecule has 5 rings (SSSR count). The predicted octanol–water partition coefficient (Wildman–Crippen LogP) is 4.14. The van der Waals surface area contributed by atoms with E-state index in [1.54, 1.807) is 4.90 Å². The molecule has 0 aromatic heterocycles. The number of amides is 1. The number of piperidine rings is 1. The van der Waals surface area contributed by atoms with Gasteiger partial charge in [-0.1, -0.05) is 23.7 Å². The molecule has 2 N–H and O–H groups in total. The lowest BCUT2D eigenvalue weighted by Gasteiger charge is -2.45. The Morgan fingerprint density at radius 3 is 2.29 bits per heavy atom. The second kappa shape index (κ2) is 9.64. The number of hydrogen-bond acceptors (Lipinski definition) is 5. The molecule has 2 heterocycles. The van der Waals surface area contributed by atoms with E-state index in [0.717, 1.165) is 44.3 Å². The van der Waals surface area contributed by atoms with Crippen LogP contribution in [-0.2, 0) is 4.79 Å². The van der Waals surface area contributed by atoms with Gasteiger partial charge in [-0.2, -0.15) is 0 Å². The lowest BCUT2D eigenvalue weighted by atomic mass is 9.72. The van der Waals surface area contributed by atoms with Crippen LogP contribution in [0.2, 0.25) is 5.02 Å². The fourth-order valence-corrected chi connectivity index (χ4v) is 5.61. The molecule has 180 valence electrons. The first-order chi connectivity index (χ1) is 16.5. The zero-order chi connectivity index (χ0) is 23.7. The van der Waals surface area contributed by atoms with Crippen molar-refractivity contribution < 1.29 is 18.7 Å². The zero-order valence-corrected chi connectivity index (χ0v) is 19.7. The molecule has 34 heavy (non-hydrogen) atoms. The maximum atomic E-state index is 14.4. The van der Waals surface area contributed by atoms with Gasteiger partial charge in [0.25, 0.3) is 0 Å². The highest BCUT2D eigenvalue weighted by molar-refractivity contribution is 6.30. The maximum Gasteiger partial charge on any atom is 0.416 e. The lowest BCUT2D eigenvalue weighted by molar-refractivity contribution is -0.135. The van der Waals surface area contributed by atoms with Crippen LogP contribution in [0.1, 0.15) is 37.2 Å². The standard InChI is InChI=1S/C26H29ClFN3O3/c27-19-3-1-17(2-4-19)23-15-30-16-26(23,24(32)18-11-13-29-14-12-18)31(21-7-8-21)25(33)34-22-9-5-20(28)6-10-22/h1-6,9-10,18,21,23,29-30H,7-8,11-16H2/t23-,26+/m0/s1. The Morgan fingerprint density at radius 2 is 1.65 bits per heavy atom. The van der Waals surface area contributed by atoms with Gasteiger partial charge in [0.05, 0.1) is 0 Å². The number of nitrogens with zero attached hydrogens (tertiary/aromatic N) is 1. The quantitative estimate of drug-likeness (QED) is 0.643. The molecule has 2 aromatic carbocycles. The monoisotopic (exact) mass is 485 g/mol. The van der Waals surface area contributed by atoms with Crippen LogP contribution in [-0.4, -0.2) is 54.5 Å². The van der Waals surface area contributed by atoms with E-state index in [0.29, 0.717) is 18.1 Å². The summed E-state index contributed by atoms with van der Waals surface area (Å²) >= 11 is 6.15. The Bertz CT molecular complexity index is 1040. The number of ether oxygens (including phenoxy) is 1. The number of benzene rings is 2. The Balaban J connectivity index is 1.55. The SMILES string of the molecule is O=C(Oc1ccc(F)cc1)N(C1CC1)[C@]1(C(=O)C2CCNCC2)CNC[C@H]1c1ccc(Cl)cc1. The fraction of sp³-hybridized carbons (Fsp3) is 0.462. The van der Waals surface area contributed by atoms with Crippen molar-refractivity contribution in [3.05, 3.63) is 64.9 Å². The summed E-state index contributed by atoms with van der Waals surface area (Å²) in [5.74, 6) is -0.402. The van der Waals surface area contributed by atoms with Gasteiger partial charge in [0.2, 0.25) is 0 Å². The molecule has 0 unspecified atom stereocenters. The maximum absolute atomic E-state index is 14.4. The molecule has 1 aliphatic carbocycles. The average Bonchev–Trinajstić information content (AvgIpc) is 3.59. The molecule has 6 nitrogen and oxygen atoms in total. The predicted molar refractivity (Wildman–Crippen MR) is 128 cm³/mol. The number of rotatable bonds is 6. The second-order valence-electron chi connectivity index (χ2n) is 9.47. The summed E-state index contributed by atoms with van der Waals surface area (Å²) in [4.78, 5) is 29.7. The van der Waals surface area contributed by atoms with E-state index < -0.39 is 17.4 Å². The molecule has 2 saturated heterocycles. The van der Waals surface area contributed by atoms with E-state index in [1.165, 1.54) is 24.3 Å². The van der Waals surface area contributed by atoms with Gasteiger partial charge in [-0.05, 0) is 80.7 Å². The fourth-order valence-electron chi connectivity index (χ4n) is 5.48. The van der Waals surface area contributed by atoms with E-state index >= 15 is 0 Å². The zero-order valence-electron chi connectivity index (χ0n) is 18.9. The lowest BCUT2D eigenvalue weighted by Crippen LogP contribution is -2.64. The van der Waals surface area contributed by atoms with Crippen LogP contribution in [0, 0.1) is 11.7 Å². The van der Waals surface area contributed by atoms with E-state index in [2.05, 4.69) is 10.6 Å². The number of ketones is 1. The summed E-state index contributed by atoms with van der Waals surface area (Å²) in [6.07, 6.45) is 2.60. The van der Waals surface area contributed by atoms with E-state index in [1.807, 2.05) is 24.3 Å². The van der Waals surface area contributed by atoms with Gasteiger partial charge in [0.1, 0.15) is 17.1 Å². The summed E-state index contributed by atoms with van der Waals surface area (Å²) in [5.41, 5.74) is -0.0920. The summed E-state index contributed by atoms with van der Waals surface area (Å²) in [5, 5.41) is 7.37. The molecule has 2 aromatic rings. The minimum atomic E-state index is -1.06. The normalized spacial score (nSPS) is 25.2. The van der Waals surface area contributed by atoms with Gasteiger partial charge in [-0.25, -0.2) is 9.18 Å². The second-order valence-corrected chi connectivity index (χ2v) is 9.91. The Morgan fingerprint density at radius 1 is 0.971 bits per heavy atom. The van der Waals surface area contributed by atoms with Crippen molar-refractivity contribution in [2.24, 2.45) is 5.92 Å². The molecular formula is C26H29ClFN3O3. The highest BCUT2D eigenvalue weighted by Crippen LogP contribution is 2.46. The number of hydrogen-bond donors (Lipinski definition) is 2. The molecule has 1 amide bonds.